The third-order valence-corrected chi connectivity index (χ3v) is 2.34. The highest BCUT2D eigenvalue weighted by molar-refractivity contribution is 5.91. The second-order valence-electron chi connectivity index (χ2n) is 4.20. The summed E-state index contributed by atoms with van der Waals surface area (Å²) in [5.41, 5.74) is 0.213. The van der Waals surface area contributed by atoms with Crippen molar-refractivity contribution < 1.29 is 9.32 Å². The number of H-pyrrole nitrogens is 1. The Morgan fingerprint density at radius 1 is 1.44 bits per heavy atom. The molecule has 0 fully saturated rings. The first-order valence-corrected chi connectivity index (χ1v) is 5.58. The van der Waals surface area contributed by atoms with Crippen LogP contribution in [0.2, 0.25) is 0 Å². The van der Waals surface area contributed by atoms with Gasteiger partial charge in [-0.1, -0.05) is 19.0 Å². The van der Waals surface area contributed by atoms with E-state index in [2.05, 4.69) is 30.9 Å². The van der Waals surface area contributed by atoms with Crippen molar-refractivity contribution in [1.29, 1.82) is 0 Å². The van der Waals surface area contributed by atoms with Crippen LogP contribution < -0.4 is 5.32 Å². The van der Waals surface area contributed by atoms with Gasteiger partial charge in [0.25, 0.3) is 5.91 Å². The van der Waals surface area contributed by atoms with E-state index in [1.165, 1.54) is 6.20 Å². The summed E-state index contributed by atoms with van der Waals surface area (Å²) in [5, 5.41) is 16.1. The number of rotatable bonds is 4. The molecule has 0 radical (unpaired) electrons. The van der Waals surface area contributed by atoms with Crippen molar-refractivity contribution >= 4 is 5.91 Å². The Morgan fingerprint density at radius 3 is 2.78 bits per heavy atom. The number of nitrogens with zero attached hydrogens (tertiary/aromatic N) is 4. The molecular weight excluding hydrogens is 236 g/mol. The Hall–Kier alpha value is -2.25. The second-order valence-corrected chi connectivity index (χ2v) is 4.20. The number of hydrogen-bond donors (Lipinski definition) is 2. The molecule has 2 N–H and O–H groups in total. The van der Waals surface area contributed by atoms with E-state index in [0.29, 0.717) is 11.7 Å². The summed E-state index contributed by atoms with van der Waals surface area (Å²) in [5.74, 6) is 0.824. The fourth-order valence-corrected chi connectivity index (χ4v) is 1.30. The molecule has 1 atom stereocenters. The maximum atomic E-state index is 11.7. The third-order valence-electron chi connectivity index (χ3n) is 2.34. The monoisotopic (exact) mass is 250 g/mol. The molecule has 2 aromatic heterocycles. The van der Waals surface area contributed by atoms with Gasteiger partial charge < -0.3 is 9.84 Å². The predicted molar refractivity (Wildman–Crippen MR) is 60.7 cm³/mol. The molecule has 0 unspecified atom stereocenters. The highest BCUT2D eigenvalue weighted by atomic mass is 16.5. The largest absolute Gasteiger partial charge is 0.339 e. The standard InChI is InChI=1S/C10H14N6O2/c1-5(2)8-13-10(18-15-8)6(3)12-9(17)7-4-11-16-14-7/h4-6H,1-3H3,(H,12,17)(H,11,14,16)/t6-/m1/s1. The van der Waals surface area contributed by atoms with Crippen molar-refractivity contribution in [2.75, 3.05) is 0 Å². The fraction of sp³-hybridized carbons (Fsp3) is 0.500. The lowest BCUT2D eigenvalue weighted by molar-refractivity contribution is 0.0927. The second kappa shape index (κ2) is 4.94. The Labute approximate surface area is 103 Å². The number of carbonyl (C=O) groups excluding carboxylic acids is 1. The van der Waals surface area contributed by atoms with Gasteiger partial charge in [0, 0.05) is 5.92 Å². The van der Waals surface area contributed by atoms with E-state index in [1.54, 1.807) is 6.92 Å². The van der Waals surface area contributed by atoms with Gasteiger partial charge in [-0.05, 0) is 6.92 Å². The van der Waals surface area contributed by atoms with Crippen LogP contribution in [0.4, 0.5) is 0 Å². The van der Waals surface area contributed by atoms with Gasteiger partial charge in [-0.25, -0.2) is 0 Å². The summed E-state index contributed by atoms with van der Waals surface area (Å²) in [4.78, 5) is 15.9. The fourth-order valence-electron chi connectivity index (χ4n) is 1.30. The highest BCUT2D eigenvalue weighted by Gasteiger charge is 2.19. The van der Waals surface area contributed by atoms with Crippen molar-refractivity contribution in [2.45, 2.75) is 32.7 Å². The normalized spacial score (nSPS) is 12.7. The van der Waals surface area contributed by atoms with Crippen LogP contribution in [0, 0.1) is 0 Å². The smallest absolute Gasteiger partial charge is 0.274 e. The van der Waals surface area contributed by atoms with Crippen molar-refractivity contribution in [3.63, 3.8) is 0 Å². The van der Waals surface area contributed by atoms with Crippen LogP contribution >= 0.6 is 0 Å². The van der Waals surface area contributed by atoms with Gasteiger partial charge in [0.15, 0.2) is 11.5 Å². The Morgan fingerprint density at radius 2 is 2.22 bits per heavy atom. The number of aromatic amines is 1. The number of amides is 1. The molecular formula is C10H14N6O2. The molecule has 0 aliphatic rings. The highest BCUT2D eigenvalue weighted by Crippen LogP contribution is 2.14. The van der Waals surface area contributed by atoms with Gasteiger partial charge in [-0.15, -0.1) is 0 Å². The van der Waals surface area contributed by atoms with Gasteiger partial charge in [0.1, 0.15) is 6.04 Å². The van der Waals surface area contributed by atoms with Gasteiger partial charge in [-0.3, -0.25) is 4.79 Å². The van der Waals surface area contributed by atoms with Crippen molar-refractivity contribution in [1.82, 2.24) is 30.9 Å². The van der Waals surface area contributed by atoms with Crippen molar-refractivity contribution in [3.8, 4) is 0 Å². The van der Waals surface area contributed by atoms with Crippen LogP contribution in [-0.4, -0.2) is 31.5 Å². The van der Waals surface area contributed by atoms with Crippen LogP contribution in [0.15, 0.2) is 10.7 Å². The summed E-state index contributed by atoms with van der Waals surface area (Å²) in [7, 11) is 0. The first kappa shape index (κ1) is 12.2. The van der Waals surface area contributed by atoms with E-state index in [9.17, 15) is 4.79 Å². The number of aromatic nitrogens is 5. The van der Waals surface area contributed by atoms with E-state index in [-0.39, 0.29) is 23.6 Å². The van der Waals surface area contributed by atoms with E-state index < -0.39 is 0 Å². The Kier molecular flexibility index (Phi) is 3.35. The summed E-state index contributed by atoms with van der Waals surface area (Å²) in [6.45, 7) is 5.69. The van der Waals surface area contributed by atoms with Crippen LogP contribution in [-0.2, 0) is 0 Å². The number of hydrogen-bond acceptors (Lipinski definition) is 6. The molecule has 96 valence electrons. The first-order valence-electron chi connectivity index (χ1n) is 5.58. The van der Waals surface area contributed by atoms with Gasteiger partial charge in [0.2, 0.25) is 5.89 Å². The molecule has 8 nitrogen and oxygen atoms in total. The molecule has 0 aliphatic heterocycles. The molecule has 0 aliphatic carbocycles. The Balaban J connectivity index is 2.03. The lowest BCUT2D eigenvalue weighted by Gasteiger charge is -2.07. The topological polar surface area (TPSA) is 110 Å². The molecule has 2 aromatic rings. The van der Waals surface area contributed by atoms with E-state index >= 15 is 0 Å². The lowest BCUT2D eigenvalue weighted by Crippen LogP contribution is -2.27. The quantitative estimate of drug-likeness (QED) is 0.830. The average molecular weight is 250 g/mol. The van der Waals surface area contributed by atoms with Crippen molar-refractivity contribution in [3.05, 3.63) is 23.6 Å². The van der Waals surface area contributed by atoms with Crippen LogP contribution in [0.3, 0.4) is 0 Å². The maximum absolute atomic E-state index is 11.7. The molecule has 0 aromatic carbocycles. The molecule has 18 heavy (non-hydrogen) atoms. The van der Waals surface area contributed by atoms with E-state index in [4.69, 9.17) is 4.52 Å². The molecule has 8 heteroatoms. The first-order chi connectivity index (χ1) is 8.58. The SMILES string of the molecule is CC(C)c1noc([C@@H](C)NC(=O)c2cn[nH]n2)n1. The molecule has 0 bridgehead atoms. The Bertz CT molecular complexity index is 518. The van der Waals surface area contributed by atoms with Crippen LogP contribution in [0.25, 0.3) is 0 Å². The zero-order valence-corrected chi connectivity index (χ0v) is 10.3. The zero-order chi connectivity index (χ0) is 13.1. The summed E-state index contributed by atoms with van der Waals surface area (Å²) in [6, 6.07) is -0.380. The van der Waals surface area contributed by atoms with Crippen molar-refractivity contribution in [2.24, 2.45) is 0 Å². The van der Waals surface area contributed by atoms with Gasteiger partial charge in [-0.2, -0.15) is 20.4 Å². The summed E-state index contributed by atoms with van der Waals surface area (Å²) >= 11 is 0. The lowest BCUT2D eigenvalue weighted by atomic mass is 10.2. The number of nitrogens with one attached hydrogen (secondary N) is 2. The molecule has 0 saturated heterocycles. The predicted octanol–water partition coefficient (Wildman–Crippen LogP) is 0.802. The molecule has 2 rings (SSSR count). The molecule has 0 spiro atoms. The van der Waals surface area contributed by atoms with E-state index in [1.807, 2.05) is 13.8 Å². The van der Waals surface area contributed by atoms with Gasteiger partial charge >= 0.3 is 0 Å². The zero-order valence-electron chi connectivity index (χ0n) is 10.3. The maximum Gasteiger partial charge on any atom is 0.274 e. The molecule has 2 heterocycles. The number of carbonyl (C=O) groups is 1. The molecule has 1 amide bonds. The van der Waals surface area contributed by atoms with Crippen LogP contribution in [0.1, 0.15) is 54.9 Å². The average Bonchev–Trinajstić information content (AvgIpc) is 3.00. The summed E-state index contributed by atoms with van der Waals surface area (Å²) < 4.78 is 5.09. The minimum Gasteiger partial charge on any atom is -0.339 e. The third kappa shape index (κ3) is 2.53. The van der Waals surface area contributed by atoms with Crippen LogP contribution in [0.5, 0.6) is 0 Å². The summed E-state index contributed by atoms with van der Waals surface area (Å²) in [6.07, 6.45) is 1.34. The van der Waals surface area contributed by atoms with Gasteiger partial charge in [0.05, 0.1) is 6.20 Å². The minimum absolute atomic E-state index is 0.181. The minimum atomic E-state index is -0.380. The van der Waals surface area contributed by atoms with E-state index in [0.717, 1.165) is 0 Å². The molecule has 0 saturated carbocycles.